The highest BCUT2D eigenvalue weighted by atomic mass is 32.1. The van der Waals surface area contributed by atoms with Gasteiger partial charge in [-0.05, 0) is 37.9 Å². The number of thiazole rings is 1. The summed E-state index contributed by atoms with van der Waals surface area (Å²) in [5, 5.41) is 4.44. The number of nitrogens with one attached hydrogen (secondary N) is 1. The smallest absolute Gasteiger partial charge is 0.222 e. The van der Waals surface area contributed by atoms with Crippen LogP contribution in [0.1, 0.15) is 24.3 Å². The molecule has 5 heteroatoms. The lowest BCUT2D eigenvalue weighted by atomic mass is 10.2. The number of fused-ring (bicyclic) bond motifs is 1. The van der Waals surface area contributed by atoms with Gasteiger partial charge in [0.05, 0.1) is 15.2 Å². The Kier molecular flexibility index (Phi) is 4.51. The van der Waals surface area contributed by atoms with Gasteiger partial charge in [-0.3, -0.25) is 4.79 Å². The molecular weight excluding hydrogens is 282 g/mol. The Morgan fingerprint density at radius 2 is 2.33 bits per heavy atom. The molecule has 112 valence electrons. The fraction of sp³-hybridized carbons (Fsp3) is 0.500. The number of benzene rings is 1. The second-order valence-electron chi connectivity index (χ2n) is 5.58. The number of para-hydroxylation sites is 1. The molecule has 2 heterocycles. The highest BCUT2D eigenvalue weighted by Gasteiger charge is 2.22. The largest absolute Gasteiger partial charge is 0.341 e. The van der Waals surface area contributed by atoms with Crippen molar-refractivity contribution in [1.29, 1.82) is 0 Å². The van der Waals surface area contributed by atoms with Crippen molar-refractivity contribution < 1.29 is 4.79 Å². The van der Waals surface area contributed by atoms with E-state index in [-0.39, 0.29) is 5.91 Å². The molecule has 21 heavy (non-hydrogen) atoms. The Morgan fingerprint density at radius 3 is 3.10 bits per heavy atom. The van der Waals surface area contributed by atoms with Crippen LogP contribution in [-0.2, 0) is 11.2 Å². The minimum Gasteiger partial charge on any atom is -0.341 e. The number of aryl methyl sites for hydroxylation is 1. The molecule has 1 aliphatic rings. The zero-order valence-electron chi connectivity index (χ0n) is 12.3. The molecule has 1 aromatic carbocycles. The standard InChI is InChI=1S/C16H21N3OS/c1-19(12-9-10-17-11-12)16(20)8-4-7-15-18-13-5-2-3-6-14(13)21-15/h2-3,5-6,12,17H,4,7-11H2,1H3. The van der Waals surface area contributed by atoms with Crippen molar-refractivity contribution in [3.05, 3.63) is 29.3 Å². The first kappa shape index (κ1) is 14.5. The van der Waals surface area contributed by atoms with E-state index in [1.807, 2.05) is 30.1 Å². The maximum atomic E-state index is 12.2. The number of carbonyl (C=O) groups excluding carboxylic acids is 1. The minimum atomic E-state index is 0.254. The van der Waals surface area contributed by atoms with Crippen LogP contribution in [0.3, 0.4) is 0 Å². The second-order valence-corrected chi connectivity index (χ2v) is 6.70. The molecule has 0 bridgehead atoms. The number of rotatable bonds is 5. The van der Waals surface area contributed by atoms with Crippen LogP contribution in [0.5, 0.6) is 0 Å². The molecule has 1 aliphatic heterocycles. The van der Waals surface area contributed by atoms with Gasteiger partial charge in [-0.15, -0.1) is 11.3 Å². The van der Waals surface area contributed by atoms with Crippen LogP contribution < -0.4 is 5.32 Å². The monoisotopic (exact) mass is 303 g/mol. The lowest BCUT2D eigenvalue weighted by Crippen LogP contribution is -2.38. The van der Waals surface area contributed by atoms with E-state index in [1.165, 1.54) is 4.70 Å². The van der Waals surface area contributed by atoms with Gasteiger partial charge in [0.2, 0.25) is 5.91 Å². The first-order chi connectivity index (χ1) is 10.2. The predicted octanol–water partition coefficient (Wildman–Crippen LogP) is 2.44. The van der Waals surface area contributed by atoms with Crippen molar-refractivity contribution in [2.24, 2.45) is 0 Å². The zero-order valence-corrected chi connectivity index (χ0v) is 13.2. The van der Waals surface area contributed by atoms with E-state index in [9.17, 15) is 4.79 Å². The topological polar surface area (TPSA) is 45.2 Å². The number of nitrogens with zero attached hydrogens (tertiary/aromatic N) is 2. The Morgan fingerprint density at radius 1 is 1.48 bits per heavy atom. The third-order valence-corrected chi connectivity index (χ3v) is 5.19. The number of aromatic nitrogens is 1. The molecule has 0 saturated carbocycles. The van der Waals surface area contributed by atoms with Crippen LogP contribution in [0.4, 0.5) is 0 Å². The van der Waals surface area contributed by atoms with Gasteiger partial charge in [0.1, 0.15) is 0 Å². The van der Waals surface area contributed by atoms with Gasteiger partial charge in [-0.25, -0.2) is 4.98 Å². The zero-order chi connectivity index (χ0) is 14.7. The third-order valence-electron chi connectivity index (χ3n) is 4.09. The fourth-order valence-electron chi connectivity index (χ4n) is 2.77. The molecule has 2 aromatic rings. The van der Waals surface area contributed by atoms with Gasteiger partial charge in [0.25, 0.3) is 0 Å². The van der Waals surface area contributed by atoms with Crippen LogP contribution in [0, 0.1) is 0 Å². The first-order valence-electron chi connectivity index (χ1n) is 7.55. The molecule has 0 aliphatic carbocycles. The summed E-state index contributed by atoms with van der Waals surface area (Å²) in [4.78, 5) is 18.7. The molecule has 0 radical (unpaired) electrons. The molecule has 0 spiro atoms. The fourth-order valence-corrected chi connectivity index (χ4v) is 3.78. The highest BCUT2D eigenvalue weighted by molar-refractivity contribution is 7.18. The van der Waals surface area contributed by atoms with Gasteiger partial charge in [-0.2, -0.15) is 0 Å². The van der Waals surface area contributed by atoms with Gasteiger partial charge in [0, 0.05) is 26.1 Å². The summed E-state index contributed by atoms with van der Waals surface area (Å²) in [6, 6.07) is 8.57. The molecule has 1 fully saturated rings. The summed E-state index contributed by atoms with van der Waals surface area (Å²) in [5.41, 5.74) is 1.07. The predicted molar refractivity (Wildman–Crippen MR) is 86.6 cm³/mol. The number of likely N-dealkylation sites (N-methyl/N-ethyl adjacent to an activating group) is 1. The summed E-state index contributed by atoms with van der Waals surface area (Å²) in [5.74, 6) is 0.254. The van der Waals surface area contributed by atoms with Crippen LogP contribution in [-0.4, -0.2) is 42.0 Å². The molecular formula is C16H21N3OS. The summed E-state index contributed by atoms with van der Waals surface area (Å²) in [7, 11) is 1.93. The molecule has 4 nitrogen and oxygen atoms in total. The lowest BCUT2D eigenvalue weighted by Gasteiger charge is -2.23. The van der Waals surface area contributed by atoms with Crippen molar-refractivity contribution in [1.82, 2.24) is 15.2 Å². The van der Waals surface area contributed by atoms with Crippen molar-refractivity contribution in [2.45, 2.75) is 31.7 Å². The van der Waals surface area contributed by atoms with Gasteiger partial charge in [-0.1, -0.05) is 12.1 Å². The summed E-state index contributed by atoms with van der Waals surface area (Å²) in [6.07, 6.45) is 3.45. The van der Waals surface area contributed by atoms with Gasteiger partial charge >= 0.3 is 0 Å². The highest BCUT2D eigenvalue weighted by Crippen LogP contribution is 2.22. The number of amides is 1. The van der Waals surface area contributed by atoms with E-state index in [0.29, 0.717) is 12.5 Å². The Labute approximate surface area is 129 Å². The van der Waals surface area contributed by atoms with E-state index in [1.54, 1.807) is 11.3 Å². The van der Waals surface area contributed by atoms with E-state index >= 15 is 0 Å². The van der Waals surface area contributed by atoms with E-state index in [4.69, 9.17) is 0 Å². The van der Waals surface area contributed by atoms with Crippen molar-refractivity contribution in [2.75, 3.05) is 20.1 Å². The van der Waals surface area contributed by atoms with Crippen LogP contribution >= 0.6 is 11.3 Å². The second kappa shape index (κ2) is 6.54. The lowest BCUT2D eigenvalue weighted by molar-refractivity contribution is -0.131. The third kappa shape index (κ3) is 3.41. The maximum absolute atomic E-state index is 12.2. The van der Waals surface area contributed by atoms with Gasteiger partial charge in [0.15, 0.2) is 0 Å². The van der Waals surface area contributed by atoms with Crippen molar-refractivity contribution >= 4 is 27.5 Å². The Hall–Kier alpha value is -1.46. The average molecular weight is 303 g/mol. The molecule has 1 amide bonds. The van der Waals surface area contributed by atoms with E-state index < -0.39 is 0 Å². The molecule has 1 atom stereocenters. The summed E-state index contributed by atoms with van der Waals surface area (Å²) >= 11 is 1.74. The molecule has 1 N–H and O–H groups in total. The summed E-state index contributed by atoms with van der Waals surface area (Å²) in [6.45, 7) is 1.95. The van der Waals surface area contributed by atoms with Crippen molar-refractivity contribution in [3.63, 3.8) is 0 Å². The first-order valence-corrected chi connectivity index (χ1v) is 8.36. The molecule has 1 saturated heterocycles. The Balaban J connectivity index is 1.49. The number of carbonyl (C=O) groups is 1. The van der Waals surface area contributed by atoms with E-state index in [0.717, 1.165) is 42.9 Å². The molecule has 1 unspecified atom stereocenters. The number of hydrogen-bond acceptors (Lipinski definition) is 4. The van der Waals surface area contributed by atoms with Crippen LogP contribution in [0.2, 0.25) is 0 Å². The van der Waals surface area contributed by atoms with Gasteiger partial charge < -0.3 is 10.2 Å². The quantitative estimate of drug-likeness (QED) is 0.923. The minimum absolute atomic E-state index is 0.254. The van der Waals surface area contributed by atoms with Crippen molar-refractivity contribution in [3.8, 4) is 0 Å². The SMILES string of the molecule is CN(C(=O)CCCc1nc2ccccc2s1)C1CCNC1. The Bertz CT molecular complexity index is 586. The summed E-state index contributed by atoms with van der Waals surface area (Å²) < 4.78 is 1.23. The molecule has 1 aromatic heterocycles. The van der Waals surface area contributed by atoms with E-state index in [2.05, 4.69) is 16.4 Å². The van der Waals surface area contributed by atoms with Crippen LogP contribution in [0.15, 0.2) is 24.3 Å². The molecule has 3 rings (SSSR count). The normalized spacial score (nSPS) is 18.2. The average Bonchev–Trinajstić information content (AvgIpc) is 3.15. The number of hydrogen-bond donors (Lipinski definition) is 1. The van der Waals surface area contributed by atoms with Crippen LogP contribution in [0.25, 0.3) is 10.2 Å². The maximum Gasteiger partial charge on any atom is 0.222 e.